The van der Waals surface area contributed by atoms with Crippen molar-refractivity contribution in [1.29, 1.82) is 0 Å². The number of hydrogen-bond acceptors (Lipinski definition) is 5. The summed E-state index contributed by atoms with van der Waals surface area (Å²) < 4.78 is 1.69. The second-order valence-electron chi connectivity index (χ2n) is 9.55. The molecule has 8 nitrogen and oxygen atoms in total. The fraction of sp³-hybridized carbons (Fsp3) is 0.583. The highest BCUT2D eigenvalue weighted by Gasteiger charge is 2.33. The van der Waals surface area contributed by atoms with E-state index in [-0.39, 0.29) is 34.8 Å². The summed E-state index contributed by atoms with van der Waals surface area (Å²) in [6.45, 7) is 4.53. The molecule has 0 spiro atoms. The van der Waals surface area contributed by atoms with Gasteiger partial charge in [0.05, 0.1) is 16.9 Å². The van der Waals surface area contributed by atoms with Crippen LogP contribution in [0.1, 0.15) is 56.2 Å². The number of aromatic nitrogens is 2. The smallest absolute Gasteiger partial charge is 0.321 e. The molecule has 1 saturated heterocycles. The van der Waals surface area contributed by atoms with Crippen molar-refractivity contribution in [3.05, 3.63) is 39.9 Å². The fourth-order valence-corrected chi connectivity index (χ4v) is 5.34. The van der Waals surface area contributed by atoms with Gasteiger partial charge in [0.15, 0.2) is 0 Å². The highest BCUT2D eigenvalue weighted by Crippen LogP contribution is 2.37. The molecule has 3 amide bonds. The molecule has 3 N–H and O–H groups in total. The second-order valence-corrected chi connectivity index (χ2v) is 10.1. The van der Waals surface area contributed by atoms with Crippen LogP contribution < -0.4 is 21.5 Å². The van der Waals surface area contributed by atoms with Crippen molar-refractivity contribution in [3.63, 3.8) is 0 Å². The monoisotopic (exact) mass is 473 g/mol. The number of nitrogens with one attached hydrogen (secondary N) is 3. The highest BCUT2D eigenvalue weighted by atomic mass is 35.5. The van der Waals surface area contributed by atoms with E-state index in [4.69, 9.17) is 11.6 Å². The maximum absolute atomic E-state index is 13.2. The lowest BCUT2D eigenvalue weighted by molar-refractivity contribution is -0.124. The van der Waals surface area contributed by atoms with E-state index in [0.29, 0.717) is 31.7 Å². The molecule has 1 aliphatic heterocycles. The number of amides is 3. The van der Waals surface area contributed by atoms with Gasteiger partial charge >= 0.3 is 6.03 Å². The Labute approximate surface area is 198 Å². The lowest BCUT2D eigenvalue weighted by atomic mass is 9.74. The number of urea groups is 1. The summed E-state index contributed by atoms with van der Waals surface area (Å²) >= 11 is 6.01. The molecular formula is C24H32ClN5O3. The summed E-state index contributed by atoms with van der Waals surface area (Å²) in [5, 5.41) is 9.43. The van der Waals surface area contributed by atoms with Gasteiger partial charge in [-0.1, -0.05) is 6.92 Å². The molecule has 0 radical (unpaired) electrons. The van der Waals surface area contributed by atoms with E-state index in [1.165, 1.54) is 0 Å². The van der Waals surface area contributed by atoms with E-state index in [1.807, 2.05) is 25.3 Å². The van der Waals surface area contributed by atoms with Gasteiger partial charge in [-0.15, -0.1) is 11.6 Å². The molecule has 4 rings (SSSR count). The van der Waals surface area contributed by atoms with Crippen LogP contribution in [0.4, 0.5) is 4.79 Å². The van der Waals surface area contributed by atoms with Gasteiger partial charge in [0.25, 0.3) is 5.56 Å². The minimum atomic E-state index is -0.475. The van der Waals surface area contributed by atoms with Crippen molar-refractivity contribution in [2.45, 2.75) is 63.4 Å². The lowest BCUT2D eigenvalue weighted by Crippen LogP contribution is -2.50. The van der Waals surface area contributed by atoms with Gasteiger partial charge in [-0.25, -0.2) is 4.79 Å². The first-order chi connectivity index (χ1) is 15.7. The van der Waals surface area contributed by atoms with Gasteiger partial charge in [-0.3, -0.25) is 19.9 Å². The third-order valence-electron chi connectivity index (χ3n) is 7.16. The van der Waals surface area contributed by atoms with Crippen molar-refractivity contribution in [3.8, 4) is 0 Å². The Kier molecular flexibility index (Phi) is 7.05. The van der Waals surface area contributed by atoms with Crippen molar-refractivity contribution in [1.82, 2.24) is 25.5 Å². The van der Waals surface area contributed by atoms with E-state index >= 15 is 0 Å². The van der Waals surface area contributed by atoms with E-state index in [0.717, 1.165) is 35.0 Å². The zero-order valence-corrected chi connectivity index (χ0v) is 20.1. The van der Waals surface area contributed by atoms with Crippen LogP contribution in [-0.4, -0.2) is 39.6 Å². The van der Waals surface area contributed by atoms with Gasteiger partial charge in [0, 0.05) is 42.5 Å². The first kappa shape index (κ1) is 23.7. The van der Waals surface area contributed by atoms with Crippen LogP contribution in [0.15, 0.2) is 23.1 Å². The Morgan fingerprint density at radius 2 is 2.00 bits per heavy atom. The summed E-state index contributed by atoms with van der Waals surface area (Å²) in [7, 11) is 1.79. The van der Waals surface area contributed by atoms with Gasteiger partial charge in [0.2, 0.25) is 5.91 Å². The molecule has 2 fully saturated rings. The third kappa shape index (κ3) is 5.22. The van der Waals surface area contributed by atoms with Crippen molar-refractivity contribution in [2.75, 3.05) is 6.54 Å². The molecule has 5 unspecified atom stereocenters. The molecule has 1 saturated carbocycles. The molecule has 5 atom stereocenters. The first-order valence-corrected chi connectivity index (χ1v) is 12.1. The van der Waals surface area contributed by atoms with Crippen molar-refractivity contribution >= 4 is 34.4 Å². The normalized spacial score (nSPS) is 27.8. The van der Waals surface area contributed by atoms with Gasteiger partial charge in [-0.05, 0) is 63.0 Å². The topological polar surface area (TPSA) is 105 Å². The number of alkyl halides is 1. The standard InChI is InChI=1S/C24H32ClN5O3/c1-13-4-6-17(28-24(33)29-22(31)15-5-7-21(25)27-11-15)10-18(13)19-9-16-12-26-14(2)8-20(16)30(3)23(19)32/h8-9,12-13,15,17-18,21,27H,4-7,10-11H2,1-3H3,(H2,28,29,31,33). The van der Waals surface area contributed by atoms with E-state index < -0.39 is 6.03 Å². The molecule has 178 valence electrons. The number of aryl methyl sites for hydroxylation is 2. The number of hydrogen-bond donors (Lipinski definition) is 3. The SMILES string of the molecule is Cc1cc2c(cn1)cc(C1CC(NC(=O)NC(=O)C3CCC(Cl)NC3)CCC1C)c(=O)n2C. The van der Waals surface area contributed by atoms with Crippen molar-refractivity contribution in [2.24, 2.45) is 18.9 Å². The summed E-state index contributed by atoms with van der Waals surface area (Å²) in [4.78, 5) is 42.5. The number of rotatable bonds is 3. The summed E-state index contributed by atoms with van der Waals surface area (Å²) in [5.74, 6) is -0.210. The van der Waals surface area contributed by atoms with Crippen LogP contribution in [0.2, 0.25) is 0 Å². The Morgan fingerprint density at radius 3 is 2.73 bits per heavy atom. The third-order valence-corrected chi connectivity index (χ3v) is 7.54. The molecule has 2 aromatic heterocycles. The molecule has 33 heavy (non-hydrogen) atoms. The summed E-state index contributed by atoms with van der Waals surface area (Å²) in [5.41, 5.74) is 2.37. The number of carbonyl (C=O) groups is 2. The predicted molar refractivity (Wildman–Crippen MR) is 128 cm³/mol. The van der Waals surface area contributed by atoms with Crippen molar-refractivity contribution < 1.29 is 9.59 Å². The number of fused-ring (bicyclic) bond motifs is 1. The largest absolute Gasteiger partial charge is 0.335 e. The fourth-order valence-electron chi connectivity index (χ4n) is 5.12. The maximum atomic E-state index is 13.2. The van der Waals surface area contributed by atoms with Crippen LogP contribution >= 0.6 is 11.6 Å². The second kappa shape index (κ2) is 9.81. The Balaban J connectivity index is 1.45. The number of nitrogens with zero attached hydrogens (tertiary/aromatic N) is 2. The average molecular weight is 474 g/mol. The summed E-state index contributed by atoms with van der Waals surface area (Å²) in [6.07, 6.45) is 5.51. The lowest BCUT2D eigenvalue weighted by Gasteiger charge is -2.35. The van der Waals surface area contributed by atoms with Gasteiger partial charge < -0.3 is 15.2 Å². The molecule has 3 heterocycles. The molecule has 0 aromatic carbocycles. The van der Waals surface area contributed by atoms with Gasteiger partial charge in [0.1, 0.15) is 0 Å². The number of imide groups is 1. The minimum Gasteiger partial charge on any atom is -0.335 e. The number of halogens is 1. The van der Waals surface area contributed by atoms with Crippen LogP contribution in [0.5, 0.6) is 0 Å². The molecule has 2 aliphatic rings. The van der Waals surface area contributed by atoms with Crippen LogP contribution in [0.25, 0.3) is 10.9 Å². The van der Waals surface area contributed by atoms with E-state index in [9.17, 15) is 14.4 Å². The number of carbonyl (C=O) groups excluding carboxylic acids is 2. The molecule has 1 aliphatic carbocycles. The Bertz CT molecular complexity index is 1110. The summed E-state index contributed by atoms with van der Waals surface area (Å²) in [6, 6.07) is 3.30. The van der Waals surface area contributed by atoms with Crippen LogP contribution in [0.3, 0.4) is 0 Å². The maximum Gasteiger partial charge on any atom is 0.321 e. The first-order valence-electron chi connectivity index (χ1n) is 11.7. The zero-order valence-electron chi connectivity index (χ0n) is 19.4. The van der Waals surface area contributed by atoms with Gasteiger partial charge in [-0.2, -0.15) is 0 Å². The minimum absolute atomic E-state index is 0.00683. The van der Waals surface area contributed by atoms with E-state index in [2.05, 4.69) is 27.9 Å². The molecule has 9 heteroatoms. The number of pyridine rings is 2. The number of piperidine rings is 1. The molecular weight excluding hydrogens is 442 g/mol. The zero-order chi connectivity index (χ0) is 23.7. The van der Waals surface area contributed by atoms with Crippen LogP contribution in [0, 0.1) is 18.8 Å². The average Bonchev–Trinajstić information content (AvgIpc) is 2.78. The molecule has 0 bridgehead atoms. The molecule has 2 aromatic rings. The van der Waals surface area contributed by atoms with E-state index in [1.54, 1.807) is 11.6 Å². The predicted octanol–water partition coefficient (Wildman–Crippen LogP) is 2.90. The Hall–Kier alpha value is -2.45. The quantitative estimate of drug-likeness (QED) is 0.469. The van der Waals surface area contributed by atoms with Crippen LogP contribution in [-0.2, 0) is 11.8 Å². The highest BCUT2D eigenvalue weighted by molar-refractivity contribution is 6.20. The Morgan fingerprint density at radius 1 is 1.21 bits per heavy atom.